The Kier molecular flexibility index (Phi) is 4.73. The van der Waals surface area contributed by atoms with E-state index in [1.807, 2.05) is 24.0 Å². The summed E-state index contributed by atoms with van der Waals surface area (Å²) in [4.78, 5) is 14.8. The first-order valence-electron chi connectivity index (χ1n) is 8.35. The van der Waals surface area contributed by atoms with Crippen LogP contribution in [0.25, 0.3) is 0 Å². The molecule has 2 aliphatic heterocycles. The number of aryl methyl sites for hydroxylation is 1. The lowest BCUT2D eigenvalue weighted by atomic mass is 9.97. The quantitative estimate of drug-likeness (QED) is 0.848. The topological polar surface area (TPSA) is 57.7 Å². The van der Waals surface area contributed by atoms with E-state index in [1.165, 1.54) is 4.31 Å². The summed E-state index contributed by atoms with van der Waals surface area (Å²) >= 11 is 0. The van der Waals surface area contributed by atoms with Crippen LogP contribution in [-0.2, 0) is 14.8 Å². The minimum Gasteiger partial charge on any atom is -0.342 e. The highest BCUT2D eigenvalue weighted by Crippen LogP contribution is 2.27. The van der Waals surface area contributed by atoms with Crippen molar-refractivity contribution >= 4 is 15.9 Å². The van der Waals surface area contributed by atoms with E-state index >= 15 is 0 Å². The molecule has 2 heterocycles. The molecule has 23 heavy (non-hydrogen) atoms. The van der Waals surface area contributed by atoms with Crippen LogP contribution >= 0.6 is 0 Å². The van der Waals surface area contributed by atoms with Crippen LogP contribution in [0.1, 0.15) is 31.2 Å². The van der Waals surface area contributed by atoms with E-state index < -0.39 is 10.0 Å². The van der Waals surface area contributed by atoms with Crippen molar-refractivity contribution in [2.24, 2.45) is 5.92 Å². The average Bonchev–Trinajstić information content (AvgIpc) is 3.09. The van der Waals surface area contributed by atoms with Crippen molar-refractivity contribution < 1.29 is 13.2 Å². The maximum absolute atomic E-state index is 12.8. The average molecular weight is 336 g/mol. The largest absolute Gasteiger partial charge is 0.342 e. The van der Waals surface area contributed by atoms with Gasteiger partial charge in [0.15, 0.2) is 0 Å². The first-order chi connectivity index (χ1) is 11.0. The number of nitrogens with zero attached hydrogens (tertiary/aromatic N) is 2. The smallest absolute Gasteiger partial charge is 0.243 e. The molecule has 6 heteroatoms. The third-order valence-electron chi connectivity index (χ3n) is 4.93. The monoisotopic (exact) mass is 336 g/mol. The van der Waals surface area contributed by atoms with E-state index in [4.69, 9.17) is 0 Å². The molecule has 2 fully saturated rings. The fourth-order valence-corrected chi connectivity index (χ4v) is 5.22. The first-order valence-corrected chi connectivity index (χ1v) is 9.79. The molecule has 5 nitrogen and oxygen atoms in total. The molecule has 0 aromatic heterocycles. The summed E-state index contributed by atoms with van der Waals surface area (Å²) in [5, 5.41) is 0. The van der Waals surface area contributed by atoms with Gasteiger partial charge in [-0.2, -0.15) is 4.31 Å². The van der Waals surface area contributed by atoms with Gasteiger partial charge >= 0.3 is 0 Å². The van der Waals surface area contributed by atoms with Gasteiger partial charge in [0, 0.05) is 32.1 Å². The predicted octanol–water partition coefficient (Wildman–Crippen LogP) is 2.02. The molecule has 3 rings (SSSR count). The van der Waals surface area contributed by atoms with Gasteiger partial charge in [-0.15, -0.1) is 0 Å². The van der Waals surface area contributed by atoms with Crippen LogP contribution in [0.2, 0.25) is 0 Å². The summed E-state index contributed by atoms with van der Waals surface area (Å²) < 4.78 is 27.1. The zero-order valence-electron chi connectivity index (χ0n) is 13.6. The van der Waals surface area contributed by atoms with Gasteiger partial charge in [-0.1, -0.05) is 18.2 Å². The number of amides is 1. The molecule has 0 atom stereocenters. The van der Waals surface area contributed by atoms with E-state index in [2.05, 4.69) is 0 Å². The number of hydrogen-bond donors (Lipinski definition) is 0. The standard InChI is InChI=1S/C17H24N2O3S/c1-14-6-2-3-7-16(14)23(21,22)19-12-8-15(9-13-19)17(20)18-10-4-5-11-18/h2-3,6-7,15H,4-5,8-13H2,1H3. The molecule has 0 radical (unpaired) electrons. The summed E-state index contributed by atoms with van der Waals surface area (Å²) in [6, 6.07) is 7.07. The highest BCUT2D eigenvalue weighted by molar-refractivity contribution is 7.89. The van der Waals surface area contributed by atoms with Gasteiger partial charge < -0.3 is 4.90 Å². The minimum atomic E-state index is -3.45. The van der Waals surface area contributed by atoms with Crippen molar-refractivity contribution in [3.05, 3.63) is 29.8 Å². The zero-order valence-corrected chi connectivity index (χ0v) is 14.4. The number of likely N-dealkylation sites (tertiary alicyclic amines) is 1. The molecule has 0 spiro atoms. The van der Waals surface area contributed by atoms with Crippen LogP contribution in [0.5, 0.6) is 0 Å². The van der Waals surface area contributed by atoms with Crippen LogP contribution in [0, 0.1) is 12.8 Å². The second-order valence-electron chi connectivity index (χ2n) is 6.48. The first kappa shape index (κ1) is 16.5. The lowest BCUT2D eigenvalue weighted by Gasteiger charge is -2.32. The molecule has 0 saturated carbocycles. The van der Waals surface area contributed by atoms with Gasteiger partial charge in [0.05, 0.1) is 4.90 Å². The van der Waals surface area contributed by atoms with E-state index in [9.17, 15) is 13.2 Å². The van der Waals surface area contributed by atoms with Gasteiger partial charge in [0.1, 0.15) is 0 Å². The van der Waals surface area contributed by atoms with Crippen LogP contribution in [-0.4, -0.2) is 49.7 Å². The van der Waals surface area contributed by atoms with Gasteiger partial charge in [-0.25, -0.2) is 8.42 Å². The Hall–Kier alpha value is -1.40. The lowest BCUT2D eigenvalue weighted by Crippen LogP contribution is -2.43. The van der Waals surface area contributed by atoms with E-state index in [0.29, 0.717) is 30.8 Å². The molecular formula is C17H24N2O3S. The highest BCUT2D eigenvalue weighted by atomic mass is 32.2. The molecule has 1 amide bonds. The molecule has 0 N–H and O–H groups in total. The molecule has 0 aliphatic carbocycles. The van der Waals surface area contributed by atoms with Gasteiger partial charge in [-0.05, 0) is 44.2 Å². The van der Waals surface area contributed by atoms with Gasteiger partial charge in [0.2, 0.25) is 15.9 Å². The van der Waals surface area contributed by atoms with Crippen molar-refractivity contribution in [2.45, 2.75) is 37.5 Å². The zero-order chi connectivity index (χ0) is 16.4. The SMILES string of the molecule is Cc1ccccc1S(=O)(=O)N1CCC(C(=O)N2CCCC2)CC1. The molecular weight excluding hydrogens is 312 g/mol. The van der Waals surface area contributed by atoms with Crippen LogP contribution in [0.15, 0.2) is 29.2 Å². The summed E-state index contributed by atoms with van der Waals surface area (Å²) in [5.41, 5.74) is 0.766. The maximum atomic E-state index is 12.8. The Morgan fingerprint density at radius 3 is 2.26 bits per heavy atom. The van der Waals surface area contributed by atoms with Gasteiger partial charge in [-0.3, -0.25) is 4.79 Å². The third kappa shape index (κ3) is 3.28. The van der Waals surface area contributed by atoms with Gasteiger partial charge in [0.25, 0.3) is 0 Å². The Labute approximate surface area is 138 Å². The van der Waals surface area contributed by atoms with Crippen molar-refractivity contribution in [1.29, 1.82) is 0 Å². The Morgan fingerprint density at radius 1 is 1.04 bits per heavy atom. The number of rotatable bonds is 3. The van der Waals surface area contributed by atoms with E-state index in [1.54, 1.807) is 12.1 Å². The molecule has 1 aromatic carbocycles. The van der Waals surface area contributed by atoms with Crippen LogP contribution in [0.3, 0.4) is 0 Å². The fourth-order valence-electron chi connectivity index (χ4n) is 3.52. The number of piperidine rings is 1. The van der Waals surface area contributed by atoms with Crippen molar-refractivity contribution in [3.63, 3.8) is 0 Å². The maximum Gasteiger partial charge on any atom is 0.243 e. The molecule has 0 unspecified atom stereocenters. The number of carbonyl (C=O) groups is 1. The second kappa shape index (κ2) is 6.61. The molecule has 126 valence electrons. The predicted molar refractivity (Wildman–Crippen MR) is 88.5 cm³/mol. The highest BCUT2D eigenvalue weighted by Gasteiger charge is 2.34. The molecule has 2 saturated heterocycles. The summed E-state index contributed by atoms with van der Waals surface area (Å²) in [5.74, 6) is 0.201. The summed E-state index contributed by atoms with van der Waals surface area (Å²) in [6.45, 7) is 4.40. The van der Waals surface area contributed by atoms with E-state index in [0.717, 1.165) is 31.5 Å². The van der Waals surface area contributed by atoms with Crippen molar-refractivity contribution in [1.82, 2.24) is 9.21 Å². The summed E-state index contributed by atoms with van der Waals surface area (Å²) in [6.07, 6.45) is 3.43. The number of benzene rings is 1. The van der Waals surface area contributed by atoms with E-state index in [-0.39, 0.29) is 11.8 Å². The molecule has 1 aromatic rings. The van der Waals surface area contributed by atoms with Crippen molar-refractivity contribution in [2.75, 3.05) is 26.2 Å². The molecule has 0 bridgehead atoms. The third-order valence-corrected chi connectivity index (χ3v) is 6.99. The Balaban J connectivity index is 1.66. The lowest BCUT2D eigenvalue weighted by molar-refractivity contribution is -0.135. The number of hydrogen-bond acceptors (Lipinski definition) is 3. The van der Waals surface area contributed by atoms with Crippen molar-refractivity contribution in [3.8, 4) is 0 Å². The Morgan fingerprint density at radius 2 is 1.65 bits per heavy atom. The normalized spacial score (nSPS) is 20.8. The minimum absolute atomic E-state index is 0.0172. The van der Waals surface area contributed by atoms with Crippen LogP contribution < -0.4 is 0 Å². The molecule has 2 aliphatic rings. The Bertz CT molecular complexity index is 673. The summed E-state index contributed by atoms with van der Waals surface area (Å²) in [7, 11) is -3.45. The fraction of sp³-hybridized carbons (Fsp3) is 0.588. The number of sulfonamides is 1. The number of carbonyl (C=O) groups excluding carboxylic acids is 1. The second-order valence-corrected chi connectivity index (χ2v) is 8.38. The van der Waals surface area contributed by atoms with Crippen LogP contribution in [0.4, 0.5) is 0 Å².